The van der Waals surface area contributed by atoms with Crippen LogP contribution in [-0.4, -0.2) is 10.9 Å². The topological polar surface area (TPSA) is 32.6 Å². The van der Waals surface area contributed by atoms with Gasteiger partial charge in [-0.15, -0.1) is 0 Å². The van der Waals surface area contributed by atoms with Crippen LogP contribution in [0.25, 0.3) is 0 Å². The Labute approximate surface area is 114 Å². The largest absolute Gasteiger partial charge is 0.411 e. The van der Waals surface area contributed by atoms with E-state index in [0.717, 1.165) is 18.6 Å². The number of hydrogen-bond donors (Lipinski definition) is 1. The Bertz CT molecular complexity index is 519. The molecule has 2 rings (SSSR count). The van der Waals surface area contributed by atoms with Crippen molar-refractivity contribution in [1.82, 2.24) is 0 Å². The summed E-state index contributed by atoms with van der Waals surface area (Å²) in [5, 5.41) is 12.7. The van der Waals surface area contributed by atoms with E-state index >= 15 is 0 Å². The summed E-state index contributed by atoms with van der Waals surface area (Å²) in [6.07, 6.45) is 1.67. The molecule has 0 aliphatic rings. The maximum Gasteiger partial charge on any atom is 0.0645 e. The van der Waals surface area contributed by atoms with Crippen LogP contribution in [0.4, 0.5) is 0 Å². The van der Waals surface area contributed by atoms with Gasteiger partial charge in [-0.25, -0.2) is 0 Å². The average Bonchev–Trinajstić information content (AvgIpc) is 2.49. The second kappa shape index (κ2) is 6.74. The van der Waals surface area contributed by atoms with Crippen molar-refractivity contribution in [3.05, 3.63) is 71.8 Å². The molecule has 0 saturated heterocycles. The molecule has 2 aromatic rings. The highest BCUT2D eigenvalue weighted by Crippen LogP contribution is 2.19. The molecule has 2 aromatic carbocycles. The minimum atomic E-state index is 0.148. The van der Waals surface area contributed by atoms with E-state index in [2.05, 4.69) is 36.3 Å². The molecule has 19 heavy (non-hydrogen) atoms. The molecule has 0 bridgehead atoms. The van der Waals surface area contributed by atoms with Crippen LogP contribution in [0.3, 0.4) is 0 Å². The molecule has 0 saturated carbocycles. The predicted molar refractivity (Wildman–Crippen MR) is 78.8 cm³/mol. The third kappa shape index (κ3) is 3.68. The van der Waals surface area contributed by atoms with Gasteiger partial charge in [0.25, 0.3) is 0 Å². The van der Waals surface area contributed by atoms with Crippen molar-refractivity contribution in [2.75, 3.05) is 0 Å². The van der Waals surface area contributed by atoms with Gasteiger partial charge >= 0.3 is 0 Å². The normalized spacial score (nSPS) is 13.2. The Morgan fingerprint density at radius 1 is 1.00 bits per heavy atom. The van der Waals surface area contributed by atoms with Crippen LogP contribution >= 0.6 is 0 Å². The van der Waals surface area contributed by atoms with Gasteiger partial charge in [0.1, 0.15) is 0 Å². The molecule has 0 radical (unpaired) electrons. The molecule has 0 fully saturated rings. The molecule has 0 aliphatic heterocycles. The van der Waals surface area contributed by atoms with Gasteiger partial charge in [0.05, 0.1) is 5.71 Å². The van der Waals surface area contributed by atoms with Gasteiger partial charge in [-0.2, -0.15) is 0 Å². The third-order valence-corrected chi connectivity index (χ3v) is 3.44. The fourth-order valence-electron chi connectivity index (χ4n) is 2.20. The van der Waals surface area contributed by atoms with Crippen molar-refractivity contribution in [1.29, 1.82) is 0 Å². The van der Waals surface area contributed by atoms with Gasteiger partial charge in [0, 0.05) is 5.92 Å². The lowest BCUT2D eigenvalue weighted by Crippen LogP contribution is -2.10. The quantitative estimate of drug-likeness (QED) is 0.482. The van der Waals surface area contributed by atoms with Crippen LogP contribution in [0.2, 0.25) is 0 Å². The first-order valence-corrected chi connectivity index (χ1v) is 6.61. The lowest BCUT2D eigenvalue weighted by atomic mass is 9.92. The Kier molecular flexibility index (Phi) is 4.73. The summed E-state index contributed by atoms with van der Waals surface area (Å²) in [7, 11) is 0. The molecule has 98 valence electrons. The third-order valence-electron chi connectivity index (χ3n) is 3.44. The standard InChI is InChI=1S/C17H19NO/c1-14(16-10-6-3-7-11-16)17(18-19)13-12-15-8-4-2-5-9-15/h2-11,14,19H,12-13H2,1H3. The van der Waals surface area contributed by atoms with Gasteiger partial charge in [0.2, 0.25) is 0 Å². The highest BCUT2D eigenvalue weighted by atomic mass is 16.4. The molecule has 0 heterocycles. The summed E-state index contributed by atoms with van der Waals surface area (Å²) in [4.78, 5) is 0. The van der Waals surface area contributed by atoms with E-state index in [1.807, 2.05) is 36.4 Å². The summed E-state index contributed by atoms with van der Waals surface area (Å²) >= 11 is 0. The van der Waals surface area contributed by atoms with Gasteiger partial charge < -0.3 is 5.21 Å². The monoisotopic (exact) mass is 253 g/mol. The average molecular weight is 253 g/mol. The van der Waals surface area contributed by atoms with Crippen molar-refractivity contribution in [3.63, 3.8) is 0 Å². The zero-order valence-corrected chi connectivity index (χ0v) is 11.2. The molecule has 1 atom stereocenters. The zero-order valence-electron chi connectivity index (χ0n) is 11.2. The number of nitrogens with zero attached hydrogens (tertiary/aromatic N) is 1. The lowest BCUT2D eigenvalue weighted by molar-refractivity contribution is 0.315. The van der Waals surface area contributed by atoms with Gasteiger partial charge in [-0.3, -0.25) is 0 Å². The molecule has 0 aliphatic carbocycles. The second-order valence-corrected chi connectivity index (χ2v) is 4.71. The van der Waals surface area contributed by atoms with Gasteiger partial charge in [0.15, 0.2) is 0 Å². The van der Waals surface area contributed by atoms with E-state index in [1.165, 1.54) is 11.1 Å². The summed E-state index contributed by atoms with van der Waals surface area (Å²) in [5.41, 5.74) is 3.28. The van der Waals surface area contributed by atoms with Crippen LogP contribution in [0.15, 0.2) is 65.8 Å². The maximum absolute atomic E-state index is 9.22. The van der Waals surface area contributed by atoms with Crippen LogP contribution in [0, 0.1) is 0 Å². The number of hydrogen-bond acceptors (Lipinski definition) is 2. The fraction of sp³-hybridized carbons (Fsp3) is 0.235. The van der Waals surface area contributed by atoms with E-state index in [0.29, 0.717) is 0 Å². The molecule has 1 unspecified atom stereocenters. The van der Waals surface area contributed by atoms with E-state index < -0.39 is 0 Å². The van der Waals surface area contributed by atoms with E-state index in [-0.39, 0.29) is 5.92 Å². The number of rotatable bonds is 5. The molecule has 2 heteroatoms. The molecule has 0 spiro atoms. The van der Waals surface area contributed by atoms with Crippen molar-refractivity contribution < 1.29 is 5.21 Å². The van der Waals surface area contributed by atoms with Crippen LogP contribution < -0.4 is 0 Å². The Hall–Kier alpha value is -2.09. The Morgan fingerprint density at radius 2 is 1.58 bits per heavy atom. The fourth-order valence-corrected chi connectivity index (χ4v) is 2.20. The number of benzene rings is 2. The Balaban J connectivity index is 2.01. The highest BCUT2D eigenvalue weighted by molar-refractivity contribution is 5.90. The first kappa shape index (κ1) is 13.3. The first-order chi connectivity index (χ1) is 9.31. The zero-order chi connectivity index (χ0) is 13.5. The minimum Gasteiger partial charge on any atom is -0.411 e. The minimum absolute atomic E-state index is 0.148. The first-order valence-electron chi connectivity index (χ1n) is 6.61. The molecular weight excluding hydrogens is 234 g/mol. The van der Waals surface area contributed by atoms with Crippen LogP contribution in [0.1, 0.15) is 30.4 Å². The number of oxime groups is 1. The van der Waals surface area contributed by atoms with Crippen molar-refractivity contribution in [3.8, 4) is 0 Å². The van der Waals surface area contributed by atoms with Gasteiger partial charge in [-0.05, 0) is 24.0 Å². The molecule has 0 amide bonds. The summed E-state index contributed by atoms with van der Waals surface area (Å²) < 4.78 is 0. The summed E-state index contributed by atoms with van der Waals surface area (Å²) in [5.74, 6) is 0.148. The van der Waals surface area contributed by atoms with Crippen molar-refractivity contribution >= 4 is 5.71 Å². The molecular formula is C17H19NO. The maximum atomic E-state index is 9.22. The van der Waals surface area contributed by atoms with E-state index in [1.54, 1.807) is 0 Å². The highest BCUT2D eigenvalue weighted by Gasteiger charge is 2.13. The molecule has 1 N–H and O–H groups in total. The van der Waals surface area contributed by atoms with E-state index in [4.69, 9.17) is 0 Å². The van der Waals surface area contributed by atoms with Crippen LogP contribution in [0.5, 0.6) is 0 Å². The van der Waals surface area contributed by atoms with Crippen molar-refractivity contribution in [2.45, 2.75) is 25.7 Å². The molecule has 2 nitrogen and oxygen atoms in total. The molecule has 0 aromatic heterocycles. The van der Waals surface area contributed by atoms with Crippen LogP contribution in [-0.2, 0) is 6.42 Å². The van der Waals surface area contributed by atoms with E-state index in [9.17, 15) is 5.21 Å². The van der Waals surface area contributed by atoms with Gasteiger partial charge in [-0.1, -0.05) is 72.7 Å². The summed E-state index contributed by atoms with van der Waals surface area (Å²) in [6, 6.07) is 20.4. The SMILES string of the molecule is CC(C(CCc1ccccc1)=NO)c1ccccc1. The second-order valence-electron chi connectivity index (χ2n) is 4.71. The van der Waals surface area contributed by atoms with Crippen molar-refractivity contribution in [2.24, 2.45) is 5.16 Å². The predicted octanol–water partition coefficient (Wildman–Crippen LogP) is 4.25. The Morgan fingerprint density at radius 3 is 2.16 bits per heavy atom. The smallest absolute Gasteiger partial charge is 0.0645 e. The summed E-state index contributed by atoms with van der Waals surface area (Å²) in [6.45, 7) is 2.08. The lowest BCUT2D eigenvalue weighted by Gasteiger charge is -2.13. The number of aryl methyl sites for hydroxylation is 1.